The van der Waals surface area contributed by atoms with E-state index in [1.807, 2.05) is 31.2 Å². The maximum atomic E-state index is 5.74. The van der Waals surface area contributed by atoms with Crippen molar-refractivity contribution in [2.45, 2.75) is 13.0 Å². The predicted molar refractivity (Wildman–Crippen MR) is 64.1 cm³/mol. The Balaban J connectivity index is 2.36. The van der Waals surface area contributed by atoms with Gasteiger partial charge in [0.15, 0.2) is 5.22 Å². The molecule has 0 amide bonds. The van der Waals surface area contributed by atoms with Gasteiger partial charge in [0, 0.05) is 0 Å². The first kappa shape index (κ1) is 11.2. The largest absolute Gasteiger partial charge is 0.448 e. The molecule has 1 unspecified atom stereocenters. The summed E-state index contributed by atoms with van der Waals surface area (Å²) in [6.07, 6.45) is 0. The Morgan fingerprint density at radius 3 is 2.69 bits per heavy atom. The quantitative estimate of drug-likeness (QED) is 0.637. The highest BCUT2D eigenvalue weighted by molar-refractivity contribution is 6.28. The molecule has 0 fully saturated rings. The van der Waals surface area contributed by atoms with Gasteiger partial charge in [-0.15, -0.1) is 0 Å². The van der Waals surface area contributed by atoms with E-state index < -0.39 is 0 Å². The fourth-order valence-electron chi connectivity index (χ4n) is 1.68. The topological polar surface area (TPSA) is 51.2 Å². The third-order valence-corrected chi connectivity index (χ3v) is 2.62. The number of rotatable bonds is 3. The Bertz CT molecular complexity index is 481. The Morgan fingerprint density at radius 1 is 1.31 bits per heavy atom. The lowest BCUT2D eigenvalue weighted by atomic mass is 10.0. The average Bonchev–Trinajstić information content (AvgIpc) is 2.66. The van der Waals surface area contributed by atoms with E-state index in [4.69, 9.17) is 21.9 Å². The highest BCUT2D eigenvalue weighted by Gasteiger charge is 2.15. The third-order valence-electron chi connectivity index (χ3n) is 2.42. The lowest BCUT2D eigenvalue weighted by Crippen LogP contribution is -2.28. The average molecular weight is 237 g/mol. The number of benzene rings is 1. The number of nitrogens with one attached hydrogen (secondary N) is 1. The van der Waals surface area contributed by atoms with Crippen molar-refractivity contribution in [2.24, 2.45) is 5.84 Å². The van der Waals surface area contributed by atoms with Crippen molar-refractivity contribution in [3.8, 4) is 0 Å². The van der Waals surface area contributed by atoms with Gasteiger partial charge in [0.2, 0.25) is 0 Å². The van der Waals surface area contributed by atoms with Gasteiger partial charge in [0.1, 0.15) is 11.8 Å². The van der Waals surface area contributed by atoms with Gasteiger partial charge in [0.05, 0.1) is 0 Å². The molecule has 0 aliphatic carbocycles. The molecule has 4 heteroatoms. The molecule has 3 nitrogen and oxygen atoms in total. The van der Waals surface area contributed by atoms with Gasteiger partial charge in [0.25, 0.3) is 0 Å². The van der Waals surface area contributed by atoms with Crippen LogP contribution in [0, 0.1) is 6.92 Å². The fourth-order valence-corrected chi connectivity index (χ4v) is 1.83. The second-order valence-electron chi connectivity index (χ2n) is 3.66. The molecule has 1 atom stereocenters. The highest BCUT2D eigenvalue weighted by atomic mass is 35.5. The molecule has 16 heavy (non-hydrogen) atoms. The maximum Gasteiger partial charge on any atom is 0.193 e. The van der Waals surface area contributed by atoms with Crippen LogP contribution in [0.1, 0.15) is 22.9 Å². The molecule has 3 N–H and O–H groups in total. The van der Waals surface area contributed by atoms with E-state index in [0.29, 0.717) is 11.0 Å². The van der Waals surface area contributed by atoms with Crippen molar-refractivity contribution in [2.75, 3.05) is 0 Å². The van der Waals surface area contributed by atoms with Crippen molar-refractivity contribution in [1.82, 2.24) is 5.43 Å². The van der Waals surface area contributed by atoms with Crippen LogP contribution in [0.15, 0.2) is 40.8 Å². The maximum absolute atomic E-state index is 5.74. The van der Waals surface area contributed by atoms with Gasteiger partial charge >= 0.3 is 0 Å². The minimum Gasteiger partial charge on any atom is -0.448 e. The first-order chi connectivity index (χ1) is 7.70. The fraction of sp³-hybridized carbons (Fsp3) is 0.167. The zero-order valence-corrected chi connectivity index (χ0v) is 9.66. The first-order valence-corrected chi connectivity index (χ1v) is 5.36. The van der Waals surface area contributed by atoms with Crippen LogP contribution in [0.3, 0.4) is 0 Å². The summed E-state index contributed by atoms with van der Waals surface area (Å²) < 4.78 is 5.35. The Hall–Kier alpha value is -1.29. The standard InChI is InChI=1S/C12H13ClN2O/c1-8-3-2-4-9(7-8)12(15-14)10-5-6-11(13)16-10/h2-7,12,15H,14H2,1H3. The molecule has 0 spiro atoms. The van der Waals surface area contributed by atoms with Crippen LogP contribution in [-0.2, 0) is 0 Å². The smallest absolute Gasteiger partial charge is 0.193 e. The van der Waals surface area contributed by atoms with Crippen molar-refractivity contribution in [3.05, 3.63) is 58.5 Å². The highest BCUT2D eigenvalue weighted by Crippen LogP contribution is 2.25. The first-order valence-electron chi connectivity index (χ1n) is 4.98. The van der Waals surface area contributed by atoms with Gasteiger partial charge < -0.3 is 4.42 Å². The number of hydrogen-bond acceptors (Lipinski definition) is 3. The number of aryl methyl sites for hydroxylation is 1. The van der Waals surface area contributed by atoms with Gasteiger partial charge in [-0.3, -0.25) is 5.84 Å². The van der Waals surface area contributed by atoms with Gasteiger partial charge in [-0.2, -0.15) is 0 Å². The summed E-state index contributed by atoms with van der Waals surface area (Å²) in [6, 6.07) is 11.4. The molecule has 1 aromatic carbocycles. The minimum atomic E-state index is -0.174. The van der Waals surface area contributed by atoms with Crippen LogP contribution in [0.2, 0.25) is 5.22 Å². The number of furan rings is 1. The number of hydrogen-bond donors (Lipinski definition) is 2. The van der Waals surface area contributed by atoms with E-state index in [1.54, 1.807) is 6.07 Å². The summed E-state index contributed by atoms with van der Waals surface area (Å²) in [7, 11) is 0. The Labute approximate surface area is 99.2 Å². The zero-order valence-electron chi connectivity index (χ0n) is 8.91. The van der Waals surface area contributed by atoms with Crippen LogP contribution in [0.25, 0.3) is 0 Å². The molecule has 0 saturated heterocycles. The molecular formula is C12H13ClN2O. The summed E-state index contributed by atoms with van der Waals surface area (Å²) >= 11 is 5.74. The molecule has 2 rings (SSSR count). The lowest BCUT2D eigenvalue weighted by molar-refractivity contribution is 0.453. The molecule has 0 aliphatic heterocycles. The van der Waals surface area contributed by atoms with Crippen LogP contribution >= 0.6 is 11.6 Å². The van der Waals surface area contributed by atoms with Gasteiger partial charge in [-0.1, -0.05) is 29.8 Å². The molecule has 1 heterocycles. The Morgan fingerprint density at radius 2 is 2.12 bits per heavy atom. The van der Waals surface area contributed by atoms with E-state index in [0.717, 1.165) is 5.56 Å². The summed E-state index contributed by atoms with van der Waals surface area (Å²) in [5, 5.41) is 0.364. The SMILES string of the molecule is Cc1cccc(C(NN)c2ccc(Cl)o2)c1. The number of nitrogens with two attached hydrogens (primary N) is 1. The molecule has 0 aliphatic rings. The second kappa shape index (κ2) is 4.70. The van der Waals surface area contributed by atoms with E-state index in [-0.39, 0.29) is 6.04 Å². The number of halogens is 1. The van der Waals surface area contributed by atoms with Crippen LogP contribution in [0.4, 0.5) is 0 Å². The third kappa shape index (κ3) is 2.27. The van der Waals surface area contributed by atoms with Crippen LogP contribution in [0.5, 0.6) is 0 Å². The normalized spacial score (nSPS) is 12.7. The Kier molecular flexibility index (Phi) is 3.29. The summed E-state index contributed by atoms with van der Waals surface area (Å²) in [4.78, 5) is 0. The monoisotopic (exact) mass is 236 g/mol. The second-order valence-corrected chi connectivity index (χ2v) is 4.03. The van der Waals surface area contributed by atoms with Gasteiger partial charge in [-0.05, 0) is 36.2 Å². The van der Waals surface area contributed by atoms with Crippen LogP contribution in [-0.4, -0.2) is 0 Å². The molecule has 1 aromatic heterocycles. The molecule has 2 aromatic rings. The van der Waals surface area contributed by atoms with E-state index >= 15 is 0 Å². The molecule has 0 bridgehead atoms. The molecule has 0 radical (unpaired) electrons. The molecule has 0 saturated carbocycles. The van der Waals surface area contributed by atoms with E-state index in [2.05, 4.69) is 11.5 Å². The summed E-state index contributed by atoms with van der Waals surface area (Å²) in [5.41, 5.74) is 4.95. The van der Waals surface area contributed by atoms with Crippen molar-refractivity contribution >= 4 is 11.6 Å². The van der Waals surface area contributed by atoms with Crippen molar-refractivity contribution in [1.29, 1.82) is 0 Å². The predicted octanol–water partition coefficient (Wildman–Crippen LogP) is 2.79. The summed E-state index contributed by atoms with van der Waals surface area (Å²) in [5.74, 6) is 6.25. The van der Waals surface area contributed by atoms with Crippen LogP contribution < -0.4 is 11.3 Å². The zero-order chi connectivity index (χ0) is 11.5. The van der Waals surface area contributed by atoms with E-state index in [1.165, 1.54) is 5.56 Å². The summed E-state index contributed by atoms with van der Waals surface area (Å²) in [6.45, 7) is 2.03. The number of hydrazine groups is 1. The lowest BCUT2D eigenvalue weighted by Gasteiger charge is -2.14. The van der Waals surface area contributed by atoms with Gasteiger partial charge in [-0.25, -0.2) is 5.43 Å². The minimum absolute atomic E-state index is 0.174. The molecular weight excluding hydrogens is 224 g/mol. The van der Waals surface area contributed by atoms with Crippen molar-refractivity contribution < 1.29 is 4.42 Å². The van der Waals surface area contributed by atoms with E-state index in [9.17, 15) is 0 Å². The molecule has 84 valence electrons. The van der Waals surface area contributed by atoms with Crippen molar-refractivity contribution in [3.63, 3.8) is 0 Å².